The number of ether oxygens (including phenoxy) is 1. The third-order valence-corrected chi connectivity index (χ3v) is 6.04. The summed E-state index contributed by atoms with van der Waals surface area (Å²) in [5.74, 6) is 1.93. The summed E-state index contributed by atoms with van der Waals surface area (Å²) in [4.78, 5) is 4.80. The Balaban J connectivity index is 1.53. The molecule has 1 spiro atoms. The average molecular weight is 268 g/mol. The number of amidine groups is 1. The summed E-state index contributed by atoms with van der Waals surface area (Å²) in [7, 11) is 0. The van der Waals surface area contributed by atoms with Crippen LogP contribution in [0.3, 0.4) is 0 Å². The largest absolute Gasteiger partial charge is 0.381 e. The normalized spacial score (nSPS) is 32.5. The first kappa shape index (κ1) is 12.8. The van der Waals surface area contributed by atoms with Gasteiger partial charge in [0.05, 0.1) is 6.61 Å². The fraction of sp³-hybridized carbons (Fsp3) is 0.929. The van der Waals surface area contributed by atoms with Gasteiger partial charge in [-0.25, -0.2) is 0 Å². The van der Waals surface area contributed by atoms with E-state index in [1.807, 2.05) is 11.8 Å². The molecule has 2 unspecified atom stereocenters. The Hall–Kier alpha value is -0.220. The van der Waals surface area contributed by atoms with Crippen LogP contribution in [0, 0.1) is 11.3 Å². The molecule has 1 saturated carbocycles. The molecule has 18 heavy (non-hydrogen) atoms. The van der Waals surface area contributed by atoms with Gasteiger partial charge in [-0.1, -0.05) is 24.6 Å². The van der Waals surface area contributed by atoms with Crippen molar-refractivity contribution in [2.45, 2.75) is 45.1 Å². The number of hydrogen-bond acceptors (Lipinski definition) is 4. The molecule has 0 radical (unpaired) electrons. The molecular weight excluding hydrogens is 244 g/mol. The van der Waals surface area contributed by atoms with Crippen molar-refractivity contribution >= 4 is 16.9 Å². The molecular formula is C14H24N2OS. The summed E-state index contributed by atoms with van der Waals surface area (Å²) < 4.78 is 5.46. The lowest BCUT2D eigenvalue weighted by molar-refractivity contribution is 0.180. The Kier molecular flexibility index (Phi) is 3.85. The average Bonchev–Trinajstić information content (AvgIpc) is 3.04. The van der Waals surface area contributed by atoms with Crippen LogP contribution in [0.2, 0.25) is 0 Å². The summed E-state index contributed by atoms with van der Waals surface area (Å²) in [5.41, 5.74) is 0.551. The SMILES string of the molecule is CC(NC1=NCC2(CCCC2)CS1)C1CCOC1. The van der Waals surface area contributed by atoms with Gasteiger partial charge in [-0.2, -0.15) is 0 Å². The van der Waals surface area contributed by atoms with Crippen molar-refractivity contribution in [2.24, 2.45) is 16.3 Å². The fourth-order valence-corrected chi connectivity index (χ4v) is 4.57. The van der Waals surface area contributed by atoms with Crippen molar-refractivity contribution in [3.05, 3.63) is 0 Å². The zero-order valence-corrected chi connectivity index (χ0v) is 12.1. The van der Waals surface area contributed by atoms with Gasteiger partial charge in [-0.3, -0.25) is 4.99 Å². The van der Waals surface area contributed by atoms with Crippen LogP contribution in [-0.4, -0.2) is 36.7 Å². The zero-order valence-electron chi connectivity index (χ0n) is 11.3. The summed E-state index contributed by atoms with van der Waals surface area (Å²) in [6.45, 7) is 5.16. The quantitative estimate of drug-likeness (QED) is 0.836. The van der Waals surface area contributed by atoms with E-state index in [1.165, 1.54) is 43.0 Å². The lowest BCUT2D eigenvalue weighted by Gasteiger charge is -2.32. The molecule has 2 aliphatic heterocycles. The molecule has 1 saturated heterocycles. The van der Waals surface area contributed by atoms with E-state index in [2.05, 4.69) is 12.2 Å². The first-order valence-corrected chi connectivity index (χ1v) is 8.28. The molecule has 0 amide bonds. The molecule has 3 aliphatic rings. The van der Waals surface area contributed by atoms with E-state index >= 15 is 0 Å². The lowest BCUT2D eigenvalue weighted by Crippen LogP contribution is -2.40. The topological polar surface area (TPSA) is 33.6 Å². The third-order valence-electron chi connectivity index (χ3n) is 4.76. The molecule has 3 rings (SSSR count). The van der Waals surface area contributed by atoms with Gasteiger partial charge >= 0.3 is 0 Å². The van der Waals surface area contributed by atoms with E-state index < -0.39 is 0 Å². The van der Waals surface area contributed by atoms with Crippen LogP contribution in [-0.2, 0) is 4.74 Å². The zero-order chi connectivity index (χ0) is 12.4. The van der Waals surface area contributed by atoms with E-state index in [4.69, 9.17) is 9.73 Å². The standard InChI is InChI=1S/C14H24N2OS/c1-11(12-4-7-17-8-12)16-13-15-9-14(10-18-13)5-2-3-6-14/h11-12H,2-10H2,1H3,(H,15,16). The van der Waals surface area contributed by atoms with Crippen LogP contribution in [0.15, 0.2) is 4.99 Å². The minimum Gasteiger partial charge on any atom is -0.381 e. The molecule has 0 bridgehead atoms. The second kappa shape index (κ2) is 5.41. The molecule has 0 aromatic heterocycles. The van der Waals surface area contributed by atoms with Gasteiger partial charge in [0.1, 0.15) is 0 Å². The van der Waals surface area contributed by atoms with Gasteiger partial charge in [-0.05, 0) is 31.6 Å². The number of thioether (sulfide) groups is 1. The second-order valence-electron chi connectivity index (χ2n) is 6.17. The highest BCUT2D eigenvalue weighted by Crippen LogP contribution is 2.43. The van der Waals surface area contributed by atoms with Crippen LogP contribution in [0.4, 0.5) is 0 Å². The third kappa shape index (κ3) is 2.69. The maximum atomic E-state index is 5.46. The molecule has 4 heteroatoms. The Morgan fingerprint density at radius 3 is 2.89 bits per heavy atom. The Morgan fingerprint density at radius 1 is 1.44 bits per heavy atom. The van der Waals surface area contributed by atoms with Gasteiger partial charge in [0.2, 0.25) is 0 Å². The molecule has 2 atom stereocenters. The fourth-order valence-electron chi connectivity index (χ4n) is 3.33. The van der Waals surface area contributed by atoms with Gasteiger partial charge < -0.3 is 10.1 Å². The highest BCUT2D eigenvalue weighted by Gasteiger charge is 2.36. The molecule has 1 N–H and O–H groups in total. The highest BCUT2D eigenvalue weighted by atomic mass is 32.2. The van der Waals surface area contributed by atoms with Crippen LogP contribution < -0.4 is 5.32 Å². The Labute approximate surface area is 114 Å². The maximum Gasteiger partial charge on any atom is 0.156 e. The van der Waals surface area contributed by atoms with Crippen molar-refractivity contribution in [3.8, 4) is 0 Å². The number of nitrogens with one attached hydrogen (secondary N) is 1. The predicted octanol–water partition coefficient (Wildman–Crippen LogP) is 2.66. The van der Waals surface area contributed by atoms with Crippen LogP contribution in [0.1, 0.15) is 39.0 Å². The van der Waals surface area contributed by atoms with E-state index in [0.29, 0.717) is 17.4 Å². The van der Waals surface area contributed by atoms with Gasteiger partial charge in [0.25, 0.3) is 0 Å². The van der Waals surface area contributed by atoms with Crippen molar-refractivity contribution in [1.29, 1.82) is 0 Å². The van der Waals surface area contributed by atoms with Crippen LogP contribution >= 0.6 is 11.8 Å². The Bertz CT molecular complexity index is 320. The molecule has 0 aromatic rings. The van der Waals surface area contributed by atoms with E-state index in [0.717, 1.165) is 19.8 Å². The first-order valence-electron chi connectivity index (χ1n) is 7.29. The van der Waals surface area contributed by atoms with Crippen molar-refractivity contribution < 1.29 is 4.74 Å². The number of nitrogens with zero attached hydrogens (tertiary/aromatic N) is 1. The molecule has 3 nitrogen and oxygen atoms in total. The number of hydrogen-bond donors (Lipinski definition) is 1. The summed E-state index contributed by atoms with van der Waals surface area (Å²) in [6.07, 6.45) is 6.80. The van der Waals surface area contributed by atoms with Gasteiger partial charge in [0.15, 0.2) is 5.17 Å². The van der Waals surface area contributed by atoms with Crippen LogP contribution in [0.25, 0.3) is 0 Å². The van der Waals surface area contributed by atoms with Gasteiger partial charge in [0, 0.05) is 30.9 Å². The van der Waals surface area contributed by atoms with Crippen LogP contribution in [0.5, 0.6) is 0 Å². The monoisotopic (exact) mass is 268 g/mol. The van der Waals surface area contributed by atoms with Gasteiger partial charge in [-0.15, -0.1) is 0 Å². The second-order valence-corrected chi connectivity index (χ2v) is 7.14. The molecule has 102 valence electrons. The highest BCUT2D eigenvalue weighted by molar-refractivity contribution is 8.13. The smallest absolute Gasteiger partial charge is 0.156 e. The van der Waals surface area contributed by atoms with Crippen molar-refractivity contribution in [1.82, 2.24) is 5.32 Å². The van der Waals surface area contributed by atoms with Crippen molar-refractivity contribution in [2.75, 3.05) is 25.5 Å². The predicted molar refractivity (Wildman–Crippen MR) is 77.2 cm³/mol. The summed E-state index contributed by atoms with van der Waals surface area (Å²) >= 11 is 1.94. The molecule has 0 aromatic carbocycles. The van der Waals surface area contributed by atoms with E-state index in [-0.39, 0.29) is 0 Å². The summed E-state index contributed by atoms with van der Waals surface area (Å²) in [6, 6.07) is 0.497. The number of aliphatic imine (C=N–C) groups is 1. The van der Waals surface area contributed by atoms with E-state index in [9.17, 15) is 0 Å². The summed E-state index contributed by atoms with van der Waals surface area (Å²) in [5, 5.41) is 4.77. The number of rotatable bonds is 2. The minimum absolute atomic E-state index is 0.497. The minimum atomic E-state index is 0.497. The molecule has 1 aliphatic carbocycles. The first-order chi connectivity index (χ1) is 8.77. The van der Waals surface area contributed by atoms with E-state index in [1.54, 1.807) is 0 Å². The Morgan fingerprint density at radius 2 is 2.28 bits per heavy atom. The molecule has 2 heterocycles. The lowest BCUT2D eigenvalue weighted by atomic mass is 9.89. The van der Waals surface area contributed by atoms with Crippen molar-refractivity contribution in [3.63, 3.8) is 0 Å². The maximum absolute atomic E-state index is 5.46. The molecule has 2 fully saturated rings.